The van der Waals surface area contributed by atoms with E-state index in [1.165, 1.54) is 6.08 Å². The van der Waals surface area contributed by atoms with E-state index in [4.69, 9.17) is 19.3 Å². The van der Waals surface area contributed by atoms with Crippen LogP contribution in [0.1, 0.15) is 79.1 Å². The molecule has 3 N–H and O–H groups in total. The maximum Gasteiger partial charge on any atom is 0.348 e. The molecular weight excluding hydrogens is 600 g/mol. The van der Waals surface area contributed by atoms with E-state index >= 15 is 0 Å². The van der Waals surface area contributed by atoms with Gasteiger partial charge in [0.25, 0.3) is 0 Å². The lowest BCUT2D eigenvalue weighted by atomic mass is 10.2. The highest BCUT2D eigenvalue weighted by molar-refractivity contribution is 5.93. The molecule has 0 bridgehead atoms. The van der Waals surface area contributed by atoms with Gasteiger partial charge in [-0.15, -0.1) is 0 Å². The van der Waals surface area contributed by atoms with Gasteiger partial charge in [-0.25, -0.2) is 4.79 Å². The van der Waals surface area contributed by atoms with Crippen LogP contribution in [-0.2, 0) is 19.0 Å². The van der Waals surface area contributed by atoms with Gasteiger partial charge in [0.05, 0.1) is 31.0 Å². The summed E-state index contributed by atoms with van der Waals surface area (Å²) in [6, 6.07) is 3.94. The van der Waals surface area contributed by atoms with Crippen molar-refractivity contribution in [3.05, 3.63) is 60.2 Å². The SMILES string of the molecule is C=C(OCC(O)CO)C(C#N)=CC=CN(CCCC)CCCCOC(C)CN(C=CC=C(C#N)C(=O)OCCCCCC)CC(C)O. The summed E-state index contributed by atoms with van der Waals surface area (Å²) in [6.45, 7) is 14.5. The number of aliphatic hydroxyl groups is 3. The molecule has 0 fully saturated rings. The number of rotatable bonds is 28. The average Bonchev–Trinajstić information content (AvgIpc) is 3.05. The van der Waals surface area contributed by atoms with Crippen molar-refractivity contribution in [2.45, 2.75) is 97.4 Å². The van der Waals surface area contributed by atoms with Gasteiger partial charge in [-0.1, -0.05) is 46.1 Å². The van der Waals surface area contributed by atoms with Gasteiger partial charge in [0.1, 0.15) is 36.2 Å². The maximum atomic E-state index is 12.2. The molecule has 0 aliphatic carbocycles. The summed E-state index contributed by atoms with van der Waals surface area (Å²) in [5.74, 6) is -0.498. The number of carbonyl (C=O) groups excluding carboxylic acids is 1. The quantitative estimate of drug-likeness (QED) is 0.0262. The molecule has 0 aliphatic rings. The molecule has 47 heavy (non-hydrogen) atoms. The maximum absolute atomic E-state index is 12.2. The predicted octanol–water partition coefficient (Wildman–Crippen LogP) is 4.89. The van der Waals surface area contributed by atoms with Gasteiger partial charge in [0, 0.05) is 32.8 Å². The molecule has 0 aromatic heterocycles. The fourth-order valence-corrected chi connectivity index (χ4v) is 4.21. The van der Waals surface area contributed by atoms with Crippen LogP contribution in [0.2, 0.25) is 0 Å². The molecule has 0 saturated carbocycles. The second kappa shape index (κ2) is 28.6. The van der Waals surface area contributed by atoms with Gasteiger partial charge in [-0.3, -0.25) is 0 Å². The Balaban J connectivity index is 4.90. The van der Waals surface area contributed by atoms with Crippen molar-refractivity contribution in [2.75, 3.05) is 52.6 Å². The molecule has 0 spiro atoms. The Morgan fingerprint density at radius 2 is 1.45 bits per heavy atom. The zero-order valence-electron chi connectivity index (χ0n) is 29.0. The van der Waals surface area contributed by atoms with Crippen LogP contribution in [0, 0.1) is 22.7 Å². The van der Waals surface area contributed by atoms with Crippen molar-refractivity contribution in [3.8, 4) is 12.1 Å². The number of ether oxygens (including phenoxy) is 3. The number of hydrogen-bond acceptors (Lipinski definition) is 11. The normalized spacial score (nSPS) is 14.0. The Morgan fingerprint density at radius 3 is 2.06 bits per heavy atom. The minimum atomic E-state index is -1.03. The molecule has 0 rings (SSSR count). The van der Waals surface area contributed by atoms with Crippen LogP contribution in [0.3, 0.4) is 0 Å². The Bertz CT molecular complexity index is 1070. The molecule has 11 heteroatoms. The van der Waals surface area contributed by atoms with E-state index in [2.05, 4.69) is 25.3 Å². The molecular formula is C36H58N4O7. The number of aliphatic hydroxyl groups excluding tert-OH is 3. The Labute approximate surface area is 282 Å². The van der Waals surface area contributed by atoms with E-state index in [9.17, 15) is 25.5 Å². The van der Waals surface area contributed by atoms with Gasteiger partial charge in [-0.05, 0) is 76.2 Å². The highest BCUT2D eigenvalue weighted by Gasteiger charge is 2.12. The minimum absolute atomic E-state index is 0.0724. The van der Waals surface area contributed by atoms with E-state index in [0.717, 1.165) is 64.5 Å². The summed E-state index contributed by atoms with van der Waals surface area (Å²) in [7, 11) is 0. The molecule has 0 heterocycles. The fraction of sp³-hybridized carbons (Fsp3) is 0.639. The number of carbonyl (C=O) groups is 1. The summed E-state index contributed by atoms with van der Waals surface area (Å²) in [4.78, 5) is 16.3. The largest absolute Gasteiger partial charge is 0.490 e. The Kier molecular flexibility index (Phi) is 26.4. The number of unbranched alkanes of at least 4 members (excludes halogenated alkanes) is 5. The number of allylic oxidation sites excluding steroid dienone is 5. The number of esters is 1. The van der Waals surface area contributed by atoms with E-state index < -0.39 is 24.8 Å². The first kappa shape index (κ1) is 43.4. The summed E-state index contributed by atoms with van der Waals surface area (Å²) in [5.41, 5.74) is 0.165. The lowest BCUT2D eigenvalue weighted by Crippen LogP contribution is -2.33. The molecule has 0 amide bonds. The van der Waals surface area contributed by atoms with Crippen molar-refractivity contribution >= 4 is 5.97 Å². The van der Waals surface area contributed by atoms with E-state index in [1.807, 2.05) is 30.2 Å². The number of nitrogens with zero attached hydrogens (tertiary/aromatic N) is 4. The molecule has 11 nitrogen and oxygen atoms in total. The van der Waals surface area contributed by atoms with Crippen LogP contribution < -0.4 is 0 Å². The zero-order valence-corrected chi connectivity index (χ0v) is 29.0. The average molecular weight is 659 g/mol. The predicted molar refractivity (Wildman–Crippen MR) is 183 cm³/mol. The molecule has 0 aromatic rings. The first-order valence-electron chi connectivity index (χ1n) is 16.7. The highest BCUT2D eigenvalue weighted by atomic mass is 16.5. The van der Waals surface area contributed by atoms with E-state index in [1.54, 1.807) is 31.4 Å². The standard InChI is InChI=1S/C36H58N4O7/c1-6-8-10-12-23-46-36(44)34(25-38)17-15-21-40(26-30(3)42)27-31(4)45-22-13-11-19-39(18-9-7-2)20-14-16-33(24-37)32(5)47-29-35(43)28-41/h14-17,20-21,30-31,35,41-43H,5-13,18-19,22-23,26-29H2,1-4H3. The lowest BCUT2D eigenvalue weighted by molar-refractivity contribution is -0.138. The lowest BCUT2D eigenvalue weighted by Gasteiger charge is -2.26. The topological polar surface area (TPSA) is 160 Å². The molecule has 3 unspecified atom stereocenters. The van der Waals surface area contributed by atoms with Gasteiger partial charge in [-0.2, -0.15) is 10.5 Å². The van der Waals surface area contributed by atoms with Gasteiger partial charge < -0.3 is 39.3 Å². The molecule has 0 aliphatic heterocycles. The van der Waals surface area contributed by atoms with Crippen LogP contribution in [0.4, 0.5) is 0 Å². The molecule has 0 aromatic carbocycles. The third kappa shape index (κ3) is 23.4. The highest BCUT2D eigenvalue weighted by Crippen LogP contribution is 2.10. The fourth-order valence-electron chi connectivity index (χ4n) is 4.21. The first-order chi connectivity index (χ1) is 22.6. The molecule has 3 atom stereocenters. The first-order valence-corrected chi connectivity index (χ1v) is 16.7. The molecule has 264 valence electrons. The summed E-state index contributed by atoms with van der Waals surface area (Å²) < 4.78 is 16.5. The third-order valence-electron chi connectivity index (χ3n) is 6.80. The second-order valence-electron chi connectivity index (χ2n) is 11.4. The van der Waals surface area contributed by atoms with Gasteiger partial charge in [0.15, 0.2) is 0 Å². The summed E-state index contributed by atoms with van der Waals surface area (Å²) >= 11 is 0. The van der Waals surface area contributed by atoms with Crippen LogP contribution in [0.5, 0.6) is 0 Å². The van der Waals surface area contributed by atoms with E-state index in [-0.39, 0.29) is 29.6 Å². The summed E-state index contributed by atoms with van der Waals surface area (Å²) in [6.07, 6.45) is 16.1. The van der Waals surface area contributed by atoms with Crippen LogP contribution in [0.15, 0.2) is 60.2 Å². The number of nitriles is 2. The smallest absolute Gasteiger partial charge is 0.348 e. The zero-order chi connectivity index (χ0) is 35.3. The van der Waals surface area contributed by atoms with Crippen molar-refractivity contribution < 1.29 is 34.3 Å². The van der Waals surface area contributed by atoms with Gasteiger partial charge in [0.2, 0.25) is 0 Å². The van der Waals surface area contributed by atoms with Crippen LogP contribution >= 0.6 is 0 Å². The molecule has 0 saturated heterocycles. The molecule has 0 radical (unpaired) electrons. The Hall–Kier alpha value is -3.61. The van der Waals surface area contributed by atoms with Crippen LogP contribution in [0.25, 0.3) is 0 Å². The Morgan fingerprint density at radius 1 is 0.830 bits per heavy atom. The van der Waals surface area contributed by atoms with Crippen molar-refractivity contribution in [1.82, 2.24) is 9.80 Å². The second-order valence-corrected chi connectivity index (χ2v) is 11.4. The third-order valence-corrected chi connectivity index (χ3v) is 6.80. The van der Waals surface area contributed by atoms with Gasteiger partial charge >= 0.3 is 5.97 Å². The van der Waals surface area contributed by atoms with E-state index in [0.29, 0.717) is 26.3 Å². The monoisotopic (exact) mass is 658 g/mol. The summed E-state index contributed by atoms with van der Waals surface area (Å²) in [5, 5.41) is 47.1. The minimum Gasteiger partial charge on any atom is -0.490 e. The van der Waals surface area contributed by atoms with Crippen molar-refractivity contribution in [1.29, 1.82) is 10.5 Å². The van der Waals surface area contributed by atoms with Crippen molar-refractivity contribution in [3.63, 3.8) is 0 Å². The van der Waals surface area contributed by atoms with Crippen LogP contribution in [-0.4, -0.2) is 102 Å². The number of hydrogen-bond donors (Lipinski definition) is 3. The van der Waals surface area contributed by atoms with Crippen molar-refractivity contribution in [2.24, 2.45) is 0 Å².